The second-order valence-electron chi connectivity index (χ2n) is 9.19. The Kier molecular flexibility index (Phi) is 6.81. The highest BCUT2D eigenvalue weighted by Crippen LogP contribution is 2.29. The average molecular weight is 490 g/mol. The lowest BCUT2D eigenvalue weighted by Gasteiger charge is -2.27. The molecule has 184 valence electrons. The van der Waals surface area contributed by atoms with Gasteiger partial charge in [-0.1, -0.05) is 109 Å². The molecule has 37 heavy (non-hydrogen) atoms. The zero-order chi connectivity index (χ0) is 25.7. The van der Waals surface area contributed by atoms with Crippen LogP contribution in [0.5, 0.6) is 0 Å². The number of carbonyl (C=O) groups excluding carboxylic acids is 3. The van der Waals surface area contributed by atoms with Crippen LogP contribution in [-0.2, 0) is 22.4 Å². The van der Waals surface area contributed by atoms with Crippen LogP contribution >= 0.6 is 0 Å². The van der Waals surface area contributed by atoms with Crippen LogP contribution in [0.2, 0.25) is 0 Å². The summed E-state index contributed by atoms with van der Waals surface area (Å²) in [5.74, 6) is -0.848. The number of rotatable bonds is 8. The fourth-order valence-electron chi connectivity index (χ4n) is 4.81. The first-order valence-corrected chi connectivity index (χ1v) is 12.2. The highest BCUT2D eigenvalue weighted by molar-refractivity contribution is 6.10. The van der Waals surface area contributed by atoms with Gasteiger partial charge in [0.1, 0.15) is 12.1 Å². The largest absolute Gasteiger partial charge is 0.325 e. The maximum atomic E-state index is 13.8. The molecule has 0 saturated carbocycles. The van der Waals surface area contributed by atoms with E-state index in [4.69, 9.17) is 0 Å². The minimum atomic E-state index is -1.18. The third-order valence-corrected chi connectivity index (χ3v) is 6.53. The first-order chi connectivity index (χ1) is 18.0. The maximum absolute atomic E-state index is 13.8. The predicted octanol–water partition coefficient (Wildman–Crippen LogP) is 5.07. The molecule has 4 aromatic rings. The fourth-order valence-corrected chi connectivity index (χ4v) is 4.81. The Morgan fingerprint density at radius 1 is 0.703 bits per heavy atom. The molecule has 0 aromatic heterocycles. The number of para-hydroxylation sites is 1. The molecule has 6 heteroatoms. The Hall–Kier alpha value is -4.71. The molecule has 4 amide bonds. The Morgan fingerprint density at radius 3 is 1.81 bits per heavy atom. The summed E-state index contributed by atoms with van der Waals surface area (Å²) in [4.78, 5) is 41.0. The van der Waals surface area contributed by atoms with Gasteiger partial charge in [0.15, 0.2) is 0 Å². The van der Waals surface area contributed by atoms with Gasteiger partial charge in [0.05, 0.1) is 0 Å². The van der Waals surface area contributed by atoms with E-state index in [2.05, 4.69) is 10.6 Å². The summed E-state index contributed by atoms with van der Waals surface area (Å²) >= 11 is 0. The van der Waals surface area contributed by atoms with Gasteiger partial charge in [-0.25, -0.2) is 4.79 Å². The number of carbonyl (C=O) groups is 3. The molecule has 2 N–H and O–H groups in total. The van der Waals surface area contributed by atoms with Gasteiger partial charge in [-0.15, -0.1) is 0 Å². The molecule has 1 aliphatic rings. The molecule has 0 aliphatic carbocycles. The quantitative estimate of drug-likeness (QED) is 0.339. The lowest BCUT2D eigenvalue weighted by Crippen LogP contribution is -2.51. The molecule has 0 atom stereocenters. The van der Waals surface area contributed by atoms with Gasteiger partial charge in [0.2, 0.25) is 5.91 Å². The van der Waals surface area contributed by atoms with Crippen molar-refractivity contribution >= 4 is 23.5 Å². The van der Waals surface area contributed by atoms with Gasteiger partial charge < -0.3 is 10.6 Å². The molecular formula is C31H27N3O3. The van der Waals surface area contributed by atoms with E-state index in [1.807, 2.05) is 109 Å². The third-order valence-electron chi connectivity index (χ3n) is 6.53. The third kappa shape index (κ3) is 5.28. The highest BCUT2D eigenvalue weighted by atomic mass is 16.2. The molecule has 1 aliphatic heterocycles. The Balaban J connectivity index is 1.37. The van der Waals surface area contributed by atoms with Crippen LogP contribution < -0.4 is 10.6 Å². The molecule has 0 spiro atoms. The van der Waals surface area contributed by atoms with Gasteiger partial charge in [-0.05, 0) is 22.8 Å². The SMILES string of the molecule is O=C(CN1C(=O)NC(Cc2ccccc2)(Cc2ccccc2)C1=O)Nc1ccccc1-c1ccccc1. The summed E-state index contributed by atoms with van der Waals surface area (Å²) in [7, 11) is 0. The van der Waals surface area contributed by atoms with Crippen molar-refractivity contribution < 1.29 is 14.4 Å². The summed E-state index contributed by atoms with van der Waals surface area (Å²) in [6, 6.07) is 35.8. The van der Waals surface area contributed by atoms with Gasteiger partial charge in [-0.3, -0.25) is 14.5 Å². The van der Waals surface area contributed by atoms with Crippen LogP contribution in [0.1, 0.15) is 11.1 Å². The number of urea groups is 1. The lowest BCUT2D eigenvalue weighted by molar-refractivity contribution is -0.133. The Bertz CT molecular complexity index is 1360. The molecule has 1 fully saturated rings. The van der Waals surface area contributed by atoms with Crippen LogP contribution in [0.3, 0.4) is 0 Å². The van der Waals surface area contributed by atoms with Crippen molar-refractivity contribution in [3.8, 4) is 11.1 Å². The first kappa shape index (κ1) is 24.0. The van der Waals surface area contributed by atoms with Crippen molar-refractivity contribution in [3.05, 3.63) is 126 Å². The van der Waals surface area contributed by atoms with Crippen LogP contribution in [-0.4, -0.2) is 34.8 Å². The van der Waals surface area contributed by atoms with E-state index in [1.54, 1.807) is 6.07 Å². The van der Waals surface area contributed by atoms with Crippen molar-refractivity contribution in [2.75, 3.05) is 11.9 Å². The zero-order valence-corrected chi connectivity index (χ0v) is 20.3. The van der Waals surface area contributed by atoms with E-state index in [1.165, 1.54) is 0 Å². The normalized spacial score (nSPS) is 14.3. The maximum Gasteiger partial charge on any atom is 0.325 e. The molecule has 5 rings (SSSR count). The van der Waals surface area contributed by atoms with E-state index in [0.717, 1.165) is 27.2 Å². The van der Waals surface area contributed by atoms with Crippen molar-refractivity contribution in [2.45, 2.75) is 18.4 Å². The van der Waals surface area contributed by atoms with Crippen LogP contribution in [0.4, 0.5) is 10.5 Å². The van der Waals surface area contributed by atoms with Crippen molar-refractivity contribution in [2.24, 2.45) is 0 Å². The molecule has 6 nitrogen and oxygen atoms in total. The minimum absolute atomic E-state index is 0.322. The van der Waals surface area contributed by atoms with E-state index in [0.29, 0.717) is 18.5 Å². The molecule has 1 heterocycles. The zero-order valence-electron chi connectivity index (χ0n) is 20.3. The lowest BCUT2D eigenvalue weighted by atomic mass is 9.84. The van der Waals surface area contributed by atoms with E-state index in [9.17, 15) is 14.4 Å². The van der Waals surface area contributed by atoms with Gasteiger partial charge in [-0.2, -0.15) is 0 Å². The smallest absolute Gasteiger partial charge is 0.324 e. The number of imide groups is 1. The van der Waals surface area contributed by atoms with E-state index < -0.39 is 23.4 Å². The van der Waals surface area contributed by atoms with E-state index in [-0.39, 0.29) is 6.54 Å². The number of hydrogen-bond donors (Lipinski definition) is 2. The Labute approximate surface area is 215 Å². The second kappa shape index (κ2) is 10.5. The molecule has 0 bridgehead atoms. The average Bonchev–Trinajstić information content (AvgIpc) is 3.14. The van der Waals surface area contributed by atoms with Gasteiger partial charge >= 0.3 is 6.03 Å². The molecular weight excluding hydrogens is 462 g/mol. The predicted molar refractivity (Wildman–Crippen MR) is 144 cm³/mol. The highest BCUT2D eigenvalue weighted by Gasteiger charge is 2.51. The topological polar surface area (TPSA) is 78.5 Å². The van der Waals surface area contributed by atoms with Gasteiger partial charge in [0.25, 0.3) is 5.91 Å². The molecule has 0 radical (unpaired) electrons. The van der Waals surface area contributed by atoms with Crippen LogP contribution in [0.25, 0.3) is 11.1 Å². The fraction of sp³-hybridized carbons (Fsp3) is 0.129. The summed E-state index contributed by atoms with van der Waals surface area (Å²) in [5, 5.41) is 5.82. The Morgan fingerprint density at radius 2 is 1.22 bits per heavy atom. The van der Waals surface area contributed by atoms with Gasteiger partial charge in [0, 0.05) is 24.1 Å². The summed E-state index contributed by atoms with van der Waals surface area (Å²) in [6.07, 6.45) is 0.643. The van der Waals surface area contributed by atoms with Crippen LogP contribution in [0.15, 0.2) is 115 Å². The van der Waals surface area contributed by atoms with Crippen molar-refractivity contribution in [1.82, 2.24) is 10.2 Å². The number of amides is 4. The summed E-state index contributed by atoms with van der Waals surface area (Å²) < 4.78 is 0. The standard InChI is InChI=1S/C31H27N3O3/c35-28(32-27-19-11-10-18-26(27)25-16-8-3-9-17-25)22-34-29(36)31(33-30(34)37,20-23-12-4-1-5-13-23)21-24-14-6-2-7-15-24/h1-19H,20-22H2,(H,32,35)(H,33,37). The van der Waals surface area contributed by atoms with E-state index >= 15 is 0 Å². The number of nitrogens with zero attached hydrogens (tertiary/aromatic N) is 1. The second-order valence-corrected chi connectivity index (χ2v) is 9.19. The number of hydrogen-bond acceptors (Lipinski definition) is 3. The van der Waals surface area contributed by atoms with Crippen molar-refractivity contribution in [3.63, 3.8) is 0 Å². The minimum Gasteiger partial charge on any atom is -0.324 e. The summed E-state index contributed by atoms with van der Waals surface area (Å²) in [6.45, 7) is -0.376. The number of nitrogens with one attached hydrogen (secondary N) is 2. The monoisotopic (exact) mass is 489 g/mol. The first-order valence-electron chi connectivity index (χ1n) is 12.2. The molecule has 1 saturated heterocycles. The molecule has 4 aromatic carbocycles. The van der Waals surface area contributed by atoms with Crippen molar-refractivity contribution in [1.29, 1.82) is 0 Å². The number of anilines is 1. The summed E-state index contributed by atoms with van der Waals surface area (Å²) in [5.41, 5.74) is 3.10. The number of benzene rings is 4. The van der Waals surface area contributed by atoms with Crippen LogP contribution in [0, 0.1) is 0 Å². The molecule has 0 unspecified atom stereocenters.